The number of fused-ring (bicyclic) bond motifs is 3. The molecule has 0 aliphatic heterocycles. The van der Waals surface area contributed by atoms with Gasteiger partial charge in [0.1, 0.15) is 11.2 Å². The van der Waals surface area contributed by atoms with Crippen LogP contribution in [-0.2, 0) is 0 Å². The molecule has 2 heterocycles. The highest BCUT2D eigenvalue weighted by atomic mass is 79.9. The molecular formula is C17H10BrNO. The van der Waals surface area contributed by atoms with Gasteiger partial charge >= 0.3 is 0 Å². The lowest BCUT2D eigenvalue weighted by molar-refractivity contribution is 0.670. The van der Waals surface area contributed by atoms with Crippen molar-refractivity contribution in [3.05, 3.63) is 65.3 Å². The Labute approximate surface area is 124 Å². The van der Waals surface area contributed by atoms with Crippen molar-refractivity contribution >= 4 is 37.9 Å². The molecule has 0 aliphatic carbocycles. The molecule has 20 heavy (non-hydrogen) atoms. The Morgan fingerprint density at radius 2 is 1.70 bits per heavy atom. The molecule has 0 aliphatic rings. The lowest BCUT2D eigenvalue weighted by atomic mass is 10.1. The molecule has 0 saturated heterocycles. The normalized spacial score (nSPS) is 11.2. The zero-order valence-corrected chi connectivity index (χ0v) is 12.1. The van der Waals surface area contributed by atoms with Gasteiger partial charge in [-0.25, -0.2) is 0 Å². The van der Waals surface area contributed by atoms with E-state index in [1.165, 1.54) is 0 Å². The smallest absolute Gasteiger partial charge is 0.144 e. The van der Waals surface area contributed by atoms with Crippen molar-refractivity contribution in [3.63, 3.8) is 0 Å². The van der Waals surface area contributed by atoms with Gasteiger partial charge < -0.3 is 4.42 Å². The molecular weight excluding hydrogens is 314 g/mol. The number of hydrogen-bond acceptors (Lipinski definition) is 2. The predicted octanol–water partition coefficient (Wildman–Crippen LogP) is 5.41. The van der Waals surface area contributed by atoms with Crippen molar-refractivity contribution in [1.29, 1.82) is 0 Å². The number of halogens is 1. The number of pyridine rings is 1. The van der Waals surface area contributed by atoms with Gasteiger partial charge in [0, 0.05) is 27.0 Å². The Morgan fingerprint density at radius 3 is 2.55 bits per heavy atom. The first-order valence-corrected chi connectivity index (χ1v) is 7.14. The monoisotopic (exact) mass is 323 g/mol. The molecule has 0 radical (unpaired) electrons. The number of benzene rings is 2. The fourth-order valence-electron chi connectivity index (χ4n) is 2.48. The number of para-hydroxylation sites is 2. The Kier molecular flexibility index (Phi) is 2.60. The highest BCUT2D eigenvalue weighted by Gasteiger charge is 2.11. The molecule has 0 unspecified atom stereocenters. The standard InChI is InChI=1S/C17H10BrNO/c18-11-8-9-15(19-10-11)14-6-3-5-13-12-4-1-2-7-16(12)20-17(13)14/h1-10H. The summed E-state index contributed by atoms with van der Waals surface area (Å²) in [4.78, 5) is 4.46. The summed E-state index contributed by atoms with van der Waals surface area (Å²) in [6, 6.07) is 18.3. The van der Waals surface area contributed by atoms with Crippen LogP contribution in [-0.4, -0.2) is 4.98 Å². The third kappa shape index (κ3) is 1.74. The molecule has 4 aromatic rings. The Balaban J connectivity index is 2.07. The number of rotatable bonds is 1. The summed E-state index contributed by atoms with van der Waals surface area (Å²) in [6.07, 6.45) is 1.80. The van der Waals surface area contributed by atoms with Gasteiger partial charge in [-0.1, -0.05) is 30.3 Å². The van der Waals surface area contributed by atoms with Gasteiger partial charge in [0.25, 0.3) is 0 Å². The molecule has 0 bridgehead atoms. The fourth-order valence-corrected chi connectivity index (χ4v) is 2.72. The van der Waals surface area contributed by atoms with Crippen molar-refractivity contribution in [2.45, 2.75) is 0 Å². The van der Waals surface area contributed by atoms with E-state index in [0.717, 1.165) is 37.7 Å². The maximum absolute atomic E-state index is 6.02. The Morgan fingerprint density at radius 1 is 0.850 bits per heavy atom. The lowest BCUT2D eigenvalue weighted by Crippen LogP contribution is -1.83. The number of furan rings is 1. The van der Waals surface area contributed by atoms with E-state index in [9.17, 15) is 0 Å². The summed E-state index contributed by atoms with van der Waals surface area (Å²) < 4.78 is 6.99. The minimum atomic E-state index is 0.892. The van der Waals surface area contributed by atoms with Crippen LogP contribution in [0.2, 0.25) is 0 Å². The van der Waals surface area contributed by atoms with Crippen LogP contribution >= 0.6 is 15.9 Å². The molecule has 96 valence electrons. The van der Waals surface area contributed by atoms with E-state index in [4.69, 9.17) is 4.42 Å². The summed E-state index contributed by atoms with van der Waals surface area (Å²) in [6.45, 7) is 0. The van der Waals surface area contributed by atoms with E-state index < -0.39 is 0 Å². The first-order chi connectivity index (χ1) is 9.83. The van der Waals surface area contributed by atoms with E-state index in [0.29, 0.717) is 0 Å². The zero-order chi connectivity index (χ0) is 13.5. The average molecular weight is 324 g/mol. The van der Waals surface area contributed by atoms with Crippen LogP contribution in [0.1, 0.15) is 0 Å². The van der Waals surface area contributed by atoms with Crippen LogP contribution < -0.4 is 0 Å². The summed E-state index contributed by atoms with van der Waals surface area (Å²) in [5.41, 5.74) is 3.74. The molecule has 0 N–H and O–H groups in total. The molecule has 0 fully saturated rings. The van der Waals surface area contributed by atoms with Crippen molar-refractivity contribution in [1.82, 2.24) is 4.98 Å². The Hall–Kier alpha value is -2.13. The van der Waals surface area contributed by atoms with Gasteiger partial charge in [0.05, 0.1) is 5.69 Å². The highest BCUT2D eigenvalue weighted by Crippen LogP contribution is 2.34. The molecule has 2 aromatic heterocycles. The largest absolute Gasteiger partial charge is 0.455 e. The molecule has 2 nitrogen and oxygen atoms in total. The number of nitrogens with zero attached hydrogens (tertiary/aromatic N) is 1. The van der Waals surface area contributed by atoms with E-state index in [-0.39, 0.29) is 0 Å². The minimum Gasteiger partial charge on any atom is -0.455 e. The molecule has 0 atom stereocenters. The van der Waals surface area contributed by atoms with Gasteiger partial charge in [-0.3, -0.25) is 4.98 Å². The van der Waals surface area contributed by atoms with Crippen LogP contribution in [0.5, 0.6) is 0 Å². The van der Waals surface area contributed by atoms with Crippen molar-refractivity contribution in [2.24, 2.45) is 0 Å². The van der Waals surface area contributed by atoms with E-state index in [1.54, 1.807) is 6.20 Å². The van der Waals surface area contributed by atoms with Crippen LogP contribution in [0.15, 0.2) is 69.7 Å². The second kappa shape index (κ2) is 4.46. The van der Waals surface area contributed by atoms with Gasteiger partial charge in [0.2, 0.25) is 0 Å². The number of hydrogen-bond donors (Lipinski definition) is 0. The maximum atomic E-state index is 6.02. The van der Waals surface area contributed by atoms with Gasteiger partial charge in [-0.15, -0.1) is 0 Å². The van der Waals surface area contributed by atoms with Gasteiger partial charge in [-0.05, 0) is 40.2 Å². The highest BCUT2D eigenvalue weighted by molar-refractivity contribution is 9.10. The zero-order valence-electron chi connectivity index (χ0n) is 10.5. The topological polar surface area (TPSA) is 26.0 Å². The lowest BCUT2D eigenvalue weighted by Gasteiger charge is -2.01. The molecule has 3 heteroatoms. The Bertz CT molecular complexity index is 909. The summed E-state index contributed by atoms with van der Waals surface area (Å²) in [7, 11) is 0. The second-order valence-electron chi connectivity index (χ2n) is 4.64. The van der Waals surface area contributed by atoms with Crippen molar-refractivity contribution < 1.29 is 4.42 Å². The van der Waals surface area contributed by atoms with Crippen LogP contribution in [0.3, 0.4) is 0 Å². The van der Waals surface area contributed by atoms with Crippen molar-refractivity contribution in [2.75, 3.05) is 0 Å². The van der Waals surface area contributed by atoms with Gasteiger partial charge in [-0.2, -0.15) is 0 Å². The molecule has 2 aromatic carbocycles. The molecule has 0 amide bonds. The van der Waals surface area contributed by atoms with Crippen LogP contribution in [0.25, 0.3) is 33.2 Å². The first kappa shape index (κ1) is 11.7. The first-order valence-electron chi connectivity index (χ1n) is 6.35. The molecule has 0 spiro atoms. The van der Waals surface area contributed by atoms with Crippen LogP contribution in [0, 0.1) is 0 Å². The summed E-state index contributed by atoms with van der Waals surface area (Å²) in [5, 5.41) is 2.27. The molecule has 4 rings (SSSR count). The van der Waals surface area contributed by atoms with E-state index in [2.05, 4.69) is 33.0 Å². The summed E-state index contributed by atoms with van der Waals surface area (Å²) in [5.74, 6) is 0. The third-order valence-corrected chi connectivity index (χ3v) is 3.88. The predicted molar refractivity (Wildman–Crippen MR) is 84.7 cm³/mol. The number of aromatic nitrogens is 1. The van der Waals surface area contributed by atoms with Crippen LogP contribution in [0.4, 0.5) is 0 Å². The van der Waals surface area contributed by atoms with E-state index in [1.807, 2.05) is 42.5 Å². The van der Waals surface area contributed by atoms with Gasteiger partial charge in [0.15, 0.2) is 0 Å². The maximum Gasteiger partial charge on any atom is 0.144 e. The fraction of sp³-hybridized carbons (Fsp3) is 0. The quantitative estimate of drug-likeness (QED) is 0.468. The van der Waals surface area contributed by atoms with Crippen molar-refractivity contribution in [3.8, 4) is 11.3 Å². The minimum absolute atomic E-state index is 0.892. The summed E-state index contributed by atoms with van der Waals surface area (Å²) >= 11 is 3.41. The molecule has 0 saturated carbocycles. The third-order valence-electron chi connectivity index (χ3n) is 3.41. The SMILES string of the molecule is Brc1ccc(-c2cccc3c2oc2ccccc23)nc1. The average Bonchev–Trinajstić information content (AvgIpc) is 2.87. The second-order valence-corrected chi connectivity index (χ2v) is 5.56. The van der Waals surface area contributed by atoms with E-state index >= 15 is 0 Å².